The van der Waals surface area contributed by atoms with Crippen molar-refractivity contribution in [2.75, 3.05) is 26.8 Å². The summed E-state index contributed by atoms with van der Waals surface area (Å²) in [6.07, 6.45) is 6.87. The normalized spacial score (nSPS) is 23.8. The number of hydrogen-bond acceptors (Lipinski definition) is 3. The first-order chi connectivity index (χ1) is 10.0. The number of amides is 2. The van der Waals surface area contributed by atoms with Crippen LogP contribution in [0.5, 0.6) is 0 Å². The van der Waals surface area contributed by atoms with Gasteiger partial charge in [-0.15, -0.1) is 0 Å². The molecule has 2 rings (SSSR count). The third-order valence-corrected chi connectivity index (χ3v) is 4.66. The monoisotopic (exact) mass is 298 g/mol. The molecule has 1 heterocycles. The summed E-state index contributed by atoms with van der Waals surface area (Å²) < 4.78 is 11.2. The molecule has 5 nitrogen and oxygen atoms in total. The maximum Gasteiger partial charge on any atom is 0.317 e. The van der Waals surface area contributed by atoms with Gasteiger partial charge in [-0.1, -0.05) is 26.2 Å². The van der Waals surface area contributed by atoms with Gasteiger partial charge in [-0.2, -0.15) is 0 Å². The van der Waals surface area contributed by atoms with E-state index in [1.54, 1.807) is 0 Å². The fourth-order valence-electron chi connectivity index (χ4n) is 3.40. The van der Waals surface area contributed by atoms with Crippen LogP contribution in [0.4, 0.5) is 4.79 Å². The lowest BCUT2D eigenvalue weighted by atomic mass is 9.95. The van der Waals surface area contributed by atoms with E-state index in [0.29, 0.717) is 31.7 Å². The van der Waals surface area contributed by atoms with Crippen molar-refractivity contribution in [1.29, 1.82) is 0 Å². The van der Waals surface area contributed by atoms with E-state index in [2.05, 4.69) is 12.2 Å². The van der Waals surface area contributed by atoms with E-state index in [1.165, 1.54) is 19.3 Å². The topological polar surface area (TPSA) is 50.8 Å². The standard InChI is InChI=1S/C16H30N2O3/c1-13(11-16(2)20-9-10-21-16)12-17-15(19)18(3)14-7-5-4-6-8-14/h13-14H,4-12H2,1-3H3,(H,17,19)/t13-/m1/s1. The van der Waals surface area contributed by atoms with Gasteiger partial charge in [0.05, 0.1) is 13.2 Å². The van der Waals surface area contributed by atoms with Crippen LogP contribution in [0.15, 0.2) is 0 Å². The van der Waals surface area contributed by atoms with Crippen molar-refractivity contribution < 1.29 is 14.3 Å². The largest absolute Gasteiger partial charge is 0.348 e. The second kappa shape index (κ2) is 7.45. The maximum atomic E-state index is 12.2. The van der Waals surface area contributed by atoms with Crippen molar-refractivity contribution >= 4 is 6.03 Å². The van der Waals surface area contributed by atoms with E-state index in [-0.39, 0.29) is 6.03 Å². The molecule has 21 heavy (non-hydrogen) atoms. The highest BCUT2D eigenvalue weighted by atomic mass is 16.7. The zero-order valence-electron chi connectivity index (χ0n) is 13.7. The molecule has 0 unspecified atom stereocenters. The fraction of sp³-hybridized carbons (Fsp3) is 0.938. The Morgan fingerprint density at radius 2 is 1.90 bits per heavy atom. The molecule has 122 valence electrons. The van der Waals surface area contributed by atoms with Crippen LogP contribution in [-0.4, -0.2) is 49.6 Å². The van der Waals surface area contributed by atoms with Gasteiger partial charge in [-0.3, -0.25) is 0 Å². The van der Waals surface area contributed by atoms with Gasteiger partial charge in [0.15, 0.2) is 5.79 Å². The zero-order chi connectivity index (χ0) is 15.3. The van der Waals surface area contributed by atoms with Crippen LogP contribution < -0.4 is 5.32 Å². The Balaban J connectivity index is 1.69. The predicted molar refractivity (Wildman–Crippen MR) is 82.1 cm³/mol. The van der Waals surface area contributed by atoms with Crippen LogP contribution in [0, 0.1) is 5.92 Å². The first kappa shape index (κ1) is 16.6. The van der Waals surface area contributed by atoms with Crippen molar-refractivity contribution in [2.24, 2.45) is 5.92 Å². The molecular formula is C16H30N2O3. The predicted octanol–water partition coefficient (Wildman–Crippen LogP) is 2.75. The quantitative estimate of drug-likeness (QED) is 0.849. The number of ether oxygens (including phenoxy) is 2. The Hall–Kier alpha value is -0.810. The molecule has 0 aromatic heterocycles. The molecule has 1 aliphatic heterocycles. The summed E-state index contributed by atoms with van der Waals surface area (Å²) in [4.78, 5) is 14.1. The molecule has 0 bridgehead atoms. The Kier molecular flexibility index (Phi) is 5.88. The summed E-state index contributed by atoms with van der Waals surface area (Å²) in [5.41, 5.74) is 0. The second-order valence-electron chi connectivity index (χ2n) is 6.73. The van der Waals surface area contributed by atoms with E-state index in [1.807, 2.05) is 18.9 Å². The minimum Gasteiger partial charge on any atom is -0.348 e. The average Bonchev–Trinajstić information content (AvgIpc) is 2.91. The van der Waals surface area contributed by atoms with Crippen LogP contribution in [0.1, 0.15) is 52.4 Å². The molecule has 2 amide bonds. The molecule has 0 radical (unpaired) electrons. The minimum absolute atomic E-state index is 0.0483. The van der Waals surface area contributed by atoms with Gasteiger partial charge in [0.25, 0.3) is 0 Å². The maximum absolute atomic E-state index is 12.2. The number of carbonyl (C=O) groups excluding carboxylic acids is 1. The van der Waals surface area contributed by atoms with Gasteiger partial charge in [0.1, 0.15) is 0 Å². The molecule has 1 atom stereocenters. The smallest absolute Gasteiger partial charge is 0.317 e. The van der Waals surface area contributed by atoms with Crippen molar-refractivity contribution in [2.45, 2.75) is 64.2 Å². The van der Waals surface area contributed by atoms with Gasteiger partial charge < -0.3 is 19.7 Å². The Morgan fingerprint density at radius 1 is 1.29 bits per heavy atom. The van der Waals surface area contributed by atoms with Gasteiger partial charge in [0, 0.05) is 26.1 Å². The average molecular weight is 298 g/mol. The molecule has 1 saturated heterocycles. The molecule has 0 spiro atoms. The molecule has 0 aromatic carbocycles. The first-order valence-electron chi connectivity index (χ1n) is 8.29. The van der Waals surface area contributed by atoms with E-state index in [4.69, 9.17) is 9.47 Å². The second-order valence-corrected chi connectivity index (χ2v) is 6.73. The lowest BCUT2D eigenvalue weighted by Gasteiger charge is -2.32. The van der Waals surface area contributed by atoms with Crippen LogP contribution in [0.2, 0.25) is 0 Å². The van der Waals surface area contributed by atoms with Crippen molar-refractivity contribution in [3.8, 4) is 0 Å². The number of carbonyl (C=O) groups is 1. The lowest BCUT2D eigenvalue weighted by Crippen LogP contribution is -2.46. The minimum atomic E-state index is -0.473. The number of hydrogen-bond donors (Lipinski definition) is 1. The first-order valence-corrected chi connectivity index (χ1v) is 8.29. The van der Waals surface area contributed by atoms with Gasteiger partial charge in [-0.25, -0.2) is 4.79 Å². The van der Waals surface area contributed by atoms with Crippen LogP contribution in [0.25, 0.3) is 0 Å². The lowest BCUT2D eigenvalue weighted by molar-refractivity contribution is -0.153. The molecule has 0 aromatic rings. The highest BCUT2D eigenvalue weighted by molar-refractivity contribution is 5.74. The van der Waals surface area contributed by atoms with Crippen molar-refractivity contribution in [3.05, 3.63) is 0 Å². The van der Waals surface area contributed by atoms with Crippen LogP contribution >= 0.6 is 0 Å². The number of rotatable bonds is 5. The van der Waals surface area contributed by atoms with E-state index in [9.17, 15) is 4.79 Å². The van der Waals surface area contributed by atoms with E-state index < -0.39 is 5.79 Å². The summed E-state index contributed by atoms with van der Waals surface area (Å²) in [5, 5.41) is 3.05. The van der Waals surface area contributed by atoms with Crippen molar-refractivity contribution in [1.82, 2.24) is 10.2 Å². The number of nitrogens with one attached hydrogen (secondary N) is 1. The van der Waals surface area contributed by atoms with Crippen LogP contribution in [0.3, 0.4) is 0 Å². The molecule has 2 fully saturated rings. The molecular weight excluding hydrogens is 268 g/mol. The van der Waals surface area contributed by atoms with E-state index >= 15 is 0 Å². The van der Waals surface area contributed by atoms with E-state index in [0.717, 1.165) is 19.3 Å². The third kappa shape index (κ3) is 4.85. The Labute approximate surface area is 128 Å². The third-order valence-electron chi connectivity index (χ3n) is 4.66. The van der Waals surface area contributed by atoms with Crippen molar-refractivity contribution in [3.63, 3.8) is 0 Å². The summed E-state index contributed by atoms with van der Waals surface area (Å²) in [6, 6.07) is 0.459. The molecule has 5 heteroatoms. The molecule has 1 aliphatic carbocycles. The molecule has 1 saturated carbocycles. The summed E-state index contributed by atoms with van der Waals surface area (Å²) in [5.74, 6) is -0.142. The molecule has 2 aliphatic rings. The summed E-state index contributed by atoms with van der Waals surface area (Å²) in [7, 11) is 1.92. The summed E-state index contributed by atoms with van der Waals surface area (Å²) in [6.45, 7) is 6.10. The molecule has 1 N–H and O–H groups in total. The SMILES string of the molecule is C[C@@H](CNC(=O)N(C)C1CCCCC1)CC1(C)OCCO1. The Bertz CT molecular complexity index is 336. The number of nitrogens with zero attached hydrogens (tertiary/aromatic N) is 1. The highest BCUT2D eigenvalue weighted by Crippen LogP contribution is 2.26. The summed E-state index contributed by atoms with van der Waals surface area (Å²) >= 11 is 0. The van der Waals surface area contributed by atoms with Crippen LogP contribution in [-0.2, 0) is 9.47 Å². The zero-order valence-corrected chi connectivity index (χ0v) is 13.7. The number of urea groups is 1. The van der Waals surface area contributed by atoms with Gasteiger partial charge >= 0.3 is 6.03 Å². The Morgan fingerprint density at radius 3 is 2.52 bits per heavy atom. The van der Waals surface area contributed by atoms with Gasteiger partial charge in [0.2, 0.25) is 0 Å². The van der Waals surface area contributed by atoms with Gasteiger partial charge in [-0.05, 0) is 25.7 Å². The highest BCUT2D eigenvalue weighted by Gasteiger charge is 2.32. The fourth-order valence-corrected chi connectivity index (χ4v) is 3.40.